The van der Waals surface area contributed by atoms with Crippen LogP contribution < -0.4 is 5.32 Å². The molecule has 5 rings (SSSR count). The van der Waals surface area contributed by atoms with Gasteiger partial charge in [-0.2, -0.15) is 0 Å². The SMILES string of the molecule is CCCC(C)N1CC=C[C@@]23O[C@H]4/C=C\CCC(=O)N[C@@H](COC)[C@H](c5ccccc5)OC(=O)[C@H]4[C@@H]2C(=O)N(CCCCCO)[C@H]3C1=O. The number of hydrogen-bond donors (Lipinski definition) is 2. The third-order valence-corrected chi connectivity index (χ3v) is 9.89. The summed E-state index contributed by atoms with van der Waals surface area (Å²) < 4.78 is 18.6. The van der Waals surface area contributed by atoms with Crippen LogP contribution in [-0.4, -0.2) is 102 Å². The van der Waals surface area contributed by atoms with Gasteiger partial charge in [0.15, 0.2) is 0 Å². The van der Waals surface area contributed by atoms with Crippen molar-refractivity contribution in [1.82, 2.24) is 15.1 Å². The molecule has 0 bridgehead atoms. The average Bonchev–Trinajstić information content (AvgIpc) is 3.44. The molecule has 256 valence electrons. The van der Waals surface area contributed by atoms with Crippen LogP contribution in [0.1, 0.15) is 70.5 Å². The Kier molecular flexibility index (Phi) is 11.5. The van der Waals surface area contributed by atoms with Crippen molar-refractivity contribution in [3.05, 3.63) is 60.2 Å². The van der Waals surface area contributed by atoms with Gasteiger partial charge < -0.3 is 34.4 Å². The first-order chi connectivity index (χ1) is 22.8. The zero-order valence-electron chi connectivity index (χ0n) is 27.7. The molecule has 1 spiro atoms. The van der Waals surface area contributed by atoms with Gasteiger partial charge >= 0.3 is 5.97 Å². The Bertz CT molecular complexity index is 1330. The van der Waals surface area contributed by atoms with Gasteiger partial charge in [0.25, 0.3) is 0 Å². The fourth-order valence-electron chi connectivity index (χ4n) is 7.69. The van der Waals surface area contributed by atoms with E-state index in [1.165, 1.54) is 7.11 Å². The van der Waals surface area contributed by atoms with E-state index in [1.807, 2.05) is 54.3 Å². The number of amides is 3. The van der Waals surface area contributed by atoms with Gasteiger partial charge in [0, 0.05) is 39.3 Å². The lowest BCUT2D eigenvalue weighted by Gasteiger charge is -2.37. The number of fused-ring (bicyclic) bond motifs is 2. The minimum absolute atomic E-state index is 0.0477. The van der Waals surface area contributed by atoms with Crippen molar-refractivity contribution >= 4 is 23.7 Å². The van der Waals surface area contributed by atoms with E-state index in [0.717, 1.165) is 12.8 Å². The number of rotatable bonds is 11. The van der Waals surface area contributed by atoms with Crippen molar-refractivity contribution in [2.24, 2.45) is 11.8 Å². The molecule has 11 nitrogen and oxygen atoms in total. The van der Waals surface area contributed by atoms with E-state index >= 15 is 0 Å². The molecule has 8 atom stereocenters. The predicted molar refractivity (Wildman–Crippen MR) is 174 cm³/mol. The molecule has 0 aromatic heterocycles. The van der Waals surface area contributed by atoms with Crippen LogP contribution in [0.15, 0.2) is 54.6 Å². The molecule has 2 saturated heterocycles. The molecule has 1 aromatic carbocycles. The Balaban J connectivity index is 1.58. The maximum Gasteiger partial charge on any atom is 0.313 e. The number of aliphatic hydroxyl groups excluding tert-OH is 1. The number of carbonyl (C=O) groups excluding carboxylic acids is 4. The number of unbranched alkanes of at least 4 members (excludes halogenated alkanes) is 2. The lowest BCUT2D eigenvalue weighted by molar-refractivity contribution is -0.162. The smallest absolute Gasteiger partial charge is 0.313 e. The second-order valence-corrected chi connectivity index (χ2v) is 13.1. The molecule has 47 heavy (non-hydrogen) atoms. The quantitative estimate of drug-likeness (QED) is 0.212. The van der Waals surface area contributed by atoms with Gasteiger partial charge in [-0.05, 0) is 44.6 Å². The summed E-state index contributed by atoms with van der Waals surface area (Å²) >= 11 is 0. The fraction of sp³-hybridized carbons (Fsp3) is 0.611. The molecule has 3 amide bonds. The van der Waals surface area contributed by atoms with Crippen LogP contribution in [0.2, 0.25) is 0 Å². The summed E-state index contributed by atoms with van der Waals surface area (Å²) in [4.78, 5) is 60.0. The van der Waals surface area contributed by atoms with Crippen LogP contribution in [0.5, 0.6) is 0 Å². The number of likely N-dealkylation sites (tertiary alicyclic amines) is 1. The van der Waals surface area contributed by atoms with E-state index in [1.54, 1.807) is 17.1 Å². The third-order valence-electron chi connectivity index (χ3n) is 9.89. The monoisotopic (exact) mass is 651 g/mol. The molecule has 4 heterocycles. The number of carbonyl (C=O) groups is 4. The largest absolute Gasteiger partial charge is 0.455 e. The first kappa shape index (κ1) is 34.8. The summed E-state index contributed by atoms with van der Waals surface area (Å²) in [7, 11) is 1.52. The standard InChI is InChI=1S/C36H49N3O8/c1-4-14-24(2)38-21-13-19-36-30(33(42)39(32(36)34(38)43)20-11-6-12-22-40)29-27(47-36)17-9-10-18-28(41)37-26(23-45-3)31(46-35(29)44)25-15-7-5-8-16-25/h5,7-9,13,15-17,19,24,26-27,29-32,40H,4,6,10-12,14,18,20-23H2,1-3H3,(H,37,41)/b17-9-/t24?,26-,27-,29+,30+,31-,32-,36+/m0/s1. The highest BCUT2D eigenvalue weighted by Crippen LogP contribution is 2.53. The maximum atomic E-state index is 14.6. The molecule has 1 aromatic rings. The third kappa shape index (κ3) is 7.03. The fourth-order valence-corrected chi connectivity index (χ4v) is 7.69. The van der Waals surface area contributed by atoms with Crippen LogP contribution in [0.3, 0.4) is 0 Å². The van der Waals surface area contributed by atoms with Crippen LogP contribution in [0, 0.1) is 11.8 Å². The number of benzene rings is 1. The lowest BCUT2D eigenvalue weighted by atomic mass is 9.77. The average molecular weight is 652 g/mol. The minimum atomic E-state index is -1.38. The molecule has 1 unspecified atom stereocenters. The normalized spacial score (nSPS) is 32.3. The first-order valence-electron chi connectivity index (χ1n) is 17.0. The number of esters is 1. The number of methoxy groups -OCH3 is 1. The summed E-state index contributed by atoms with van der Waals surface area (Å²) in [6, 6.07) is 7.48. The highest BCUT2D eigenvalue weighted by molar-refractivity contribution is 5.99. The van der Waals surface area contributed by atoms with E-state index in [4.69, 9.17) is 14.2 Å². The summed E-state index contributed by atoms with van der Waals surface area (Å²) in [6.07, 6.45) is 9.71. The zero-order chi connectivity index (χ0) is 33.6. The molecule has 0 radical (unpaired) electrons. The summed E-state index contributed by atoms with van der Waals surface area (Å²) in [5, 5.41) is 12.3. The molecule has 4 aliphatic rings. The van der Waals surface area contributed by atoms with Gasteiger partial charge in [-0.1, -0.05) is 68.0 Å². The molecule has 0 aliphatic carbocycles. The van der Waals surface area contributed by atoms with Crippen molar-refractivity contribution < 1.29 is 38.5 Å². The van der Waals surface area contributed by atoms with Crippen molar-refractivity contribution in [2.45, 2.75) is 94.7 Å². The van der Waals surface area contributed by atoms with E-state index in [0.29, 0.717) is 44.3 Å². The first-order valence-corrected chi connectivity index (χ1v) is 17.0. The van der Waals surface area contributed by atoms with Gasteiger partial charge in [-0.15, -0.1) is 0 Å². The second-order valence-electron chi connectivity index (χ2n) is 13.1. The summed E-state index contributed by atoms with van der Waals surface area (Å²) in [5.74, 6) is -3.39. The van der Waals surface area contributed by atoms with E-state index < -0.39 is 47.7 Å². The molecular formula is C36H49N3O8. The van der Waals surface area contributed by atoms with Gasteiger partial charge in [-0.3, -0.25) is 19.2 Å². The Hall–Kier alpha value is -3.54. The number of nitrogens with one attached hydrogen (secondary N) is 1. The van der Waals surface area contributed by atoms with Crippen molar-refractivity contribution in [3.63, 3.8) is 0 Å². The van der Waals surface area contributed by atoms with Crippen LogP contribution >= 0.6 is 0 Å². The molecular weight excluding hydrogens is 602 g/mol. The Morgan fingerprint density at radius 3 is 2.60 bits per heavy atom. The molecule has 2 fully saturated rings. The van der Waals surface area contributed by atoms with E-state index in [-0.39, 0.29) is 43.4 Å². The van der Waals surface area contributed by atoms with Crippen LogP contribution in [-0.2, 0) is 33.4 Å². The minimum Gasteiger partial charge on any atom is -0.455 e. The van der Waals surface area contributed by atoms with Crippen LogP contribution in [0.4, 0.5) is 0 Å². The Morgan fingerprint density at radius 1 is 1.09 bits per heavy atom. The summed E-state index contributed by atoms with van der Waals surface area (Å²) in [6.45, 7) is 4.91. The Morgan fingerprint density at radius 2 is 1.87 bits per heavy atom. The Labute approximate surface area is 277 Å². The number of cyclic esters (lactones) is 1. The van der Waals surface area contributed by atoms with Gasteiger partial charge in [0.1, 0.15) is 23.7 Å². The number of nitrogens with zero attached hydrogens (tertiary/aromatic N) is 2. The van der Waals surface area contributed by atoms with E-state index in [2.05, 4.69) is 12.2 Å². The highest BCUT2D eigenvalue weighted by Gasteiger charge is 2.71. The van der Waals surface area contributed by atoms with Gasteiger partial charge in [0.2, 0.25) is 17.7 Å². The lowest BCUT2D eigenvalue weighted by Crippen LogP contribution is -2.56. The second kappa shape index (κ2) is 15.6. The van der Waals surface area contributed by atoms with Gasteiger partial charge in [0.05, 0.1) is 24.7 Å². The maximum absolute atomic E-state index is 14.6. The van der Waals surface area contributed by atoms with Crippen molar-refractivity contribution in [3.8, 4) is 0 Å². The number of aliphatic hydroxyl groups is 1. The topological polar surface area (TPSA) is 135 Å². The van der Waals surface area contributed by atoms with Gasteiger partial charge in [-0.25, -0.2) is 0 Å². The molecule has 4 aliphatic heterocycles. The number of hydrogen-bond acceptors (Lipinski definition) is 8. The number of ether oxygens (including phenoxy) is 3. The van der Waals surface area contributed by atoms with Crippen LogP contribution in [0.25, 0.3) is 0 Å². The van der Waals surface area contributed by atoms with Crippen molar-refractivity contribution in [1.29, 1.82) is 0 Å². The molecule has 11 heteroatoms. The predicted octanol–water partition coefficient (Wildman–Crippen LogP) is 3.08. The molecule has 2 N–H and O–H groups in total. The van der Waals surface area contributed by atoms with Crippen molar-refractivity contribution in [2.75, 3.05) is 33.4 Å². The summed E-state index contributed by atoms with van der Waals surface area (Å²) in [5.41, 5.74) is -0.709. The zero-order valence-corrected chi connectivity index (χ0v) is 27.7. The highest BCUT2D eigenvalue weighted by atomic mass is 16.6. The molecule has 0 saturated carbocycles. The number of allylic oxidation sites excluding steroid dienone is 1. The van der Waals surface area contributed by atoms with E-state index in [9.17, 15) is 24.3 Å².